The summed E-state index contributed by atoms with van der Waals surface area (Å²) in [6.07, 6.45) is 88.4. The van der Waals surface area contributed by atoms with Gasteiger partial charge in [0.2, 0.25) is 0 Å². The van der Waals surface area contributed by atoms with Gasteiger partial charge in [-0.05, 0) is 51.4 Å². The number of hydrogen-bond acceptors (Lipinski definition) is 6. The highest BCUT2D eigenvalue weighted by atomic mass is 16.6. The van der Waals surface area contributed by atoms with Crippen molar-refractivity contribution in [2.45, 2.75) is 431 Å². The minimum Gasteiger partial charge on any atom is -0.462 e. The van der Waals surface area contributed by atoms with E-state index >= 15 is 0 Å². The molecule has 0 amide bonds. The molecular formula is C76H144O6. The molecule has 0 rings (SSSR count). The van der Waals surface area contributed by atoms with E-state index in [4.69, 9.17) is 14.2 Å². The largest absolute Gasteiger partial charge is 0.462 e. The smallest absolute Gasteiger partial charge is 0.306 e. The van der Waals surface area contributed by atoms with Crippen LogP contribution in [0.5, 0.6) is 0 Å². The van der Waals surface area contributed by atoms with E-state index in [0.717, 1.165) is 64.2 Å². The zero-order chi connectivity index (χ0) is 59.2. The van der Waals surface area contributed by atoms with Crippen molar-refractivity contribution >= 4 is 17.9 Å². The van der Waals surface area contributed by atoms with Crippen LogP contribution in [0.15, 0.2) is 24.3 Å². The van der Waals surface area contributed by atoms with Gasteiger partial charge in [0.1, 0.15) is 13.2 Å². The summed E-state index contributed by atoms with van der Waals surface area (Å²) in [6, 6.07) is 0. The first-order valence-corrected chi connectivity index (χ1v) is 37.3. The Balaban J connectivity index is 3.97. The van der Waals surface area contributed by atoms with Crippen LogP contribution in [0.25, 0.3) is 0 Å². The summed E-state index contributed by atoms with van der Waals surface area (Å²) in [7, 11) is 0. The Bertz CT molecular complexity index is 1320. The normalized spacial score (nSPS) is 12.1. The number of allylic oxidation sites excluding steroid dienone is 4. The van der Waals surface area contributed by atoms with Gasteiger partial charge in [0.15, 0.2) is 6.10 Å². The fourth-order valence-corrected chi connectivity index (χ4v) is 11.6. The summed E-state index contributed by atoms with van der Waals surface area (Å²) in [4.78, 5) is 38.2. The van der Waals surface area contributed by atoms with E-state index in [1.165, 1.54) is 321 Å². The molecule has 0 saturated heterocycles. The second-order valence-corrected chi connectivity index (χ2v) is 25.6. The van der Waals surface area contributed by atoms with Crippen LogP contribution in [0.2, 0.25) is 0 Å². The maximum absolute atomic E-state index is 12.9. The summed E-state index contributed by atoms with van der Waals surface area (Å²) < 4.78 is 16.9. The maximum atomic E-state index is 12.9. The summed E-state index contributed by atoms with van der Waals surface area (Å²) in [5.41, 5.74) is 0. The summed E-state index contributed by atoms with van der Waals surface area (Å²) >= 11 is 0. The molecule has 6 nitrogen and oxygen atoms in total. The third kappa shape index (κ3) is 68.7. The molecule has 1 atom stereocenters. The van der Waals surface area contributed by atoms with Crippen molar-refractivity contribution in [2.75, 3.05) is 13.2 Å². The minimum absolute atomic E-state index is 0.0639. The molecule has 82 heavy (non-hydrogen) atoms. The molecule has 0 aromatic carbocycles. The fraction of sp³-hybridized carbons (Fsp3) is 0.908. The maximum Gasteiger partial charge on any atom is 0.306 e. The molecule has 0 bridgehead atoms. The van der Waals surface area contributed by atoms with Crippen LogP contribution in [-0.2, 0) is 28.6 Å². The lowest BCUT2D eigenvalue weighted by Crippen LogP contribution is -2.30. The van der Waals surface area contributed by atoms with Crippen molar-refractivity contribution in [3.63, 3.8) is 0 Å². The van der Waals surface area contributed by atoms with E-state index in [2.05, 4.69) is 45.1 Å². The lowest BCUT2D eigenvalue weighted by Gasteiger charge is -2.18. The number of carbonyl (C=O) groups excluding carboxylic acids is 3. The predicted octanol–water partition coefficient (Wildman–Crippen LogP) is 25.7. The van der Waals surface area contributed by atoms with Crippen molar-refractivity contribution in [3.05, 3.63) is 24.3 Å². The Kier molecular flexibility index (Phi) is 69.5. The monoisotopic (exact) mass is 1150 g/mol. The zero-order valence-corrected chi connectivity index (χ0v) is 55.8. The molecule has 0 aliphatic carbocycles. The Morgan fingerprint density at radius 2 is 0.439 bits per heavy atom. The standard InChI is InChI=1S/C76H144O6/c1-4-7-10-13-16-18-20-22-24-26-28-30-32-34-36-37-38-39-40-42-43-45-47-49-51-53-55-57-60-63-66-69-75(78)81-72-73(71-80-74(77)68-65-62-59-15-12-9-6-3)82-76(79)70-67-64-61-58-56-54-52-50-48-46-44-41-35-33-31-29-27-25-23-21-19-17-14-11-8-5-2/h20,22,26,28,73H,4-19,21,23-25,27,29-72H2,1-3H3/b22-20-,28-26-. The van der Waals surface area contributed by atoms with Gasteiger partial charge in [-0.2, -0.15) is 0 Å². The van der Waals surface area contributed by atoms with E-state index in [-0.39, 0.29) is 31.1 Å². The van der Waals surface area contributed by atoms with E-state index in [9.17, 15) is 14.4 Å². The zero-order valence-electron chi connectivity index (χ0n) is 55.8. The van der Waals surface area contributed by atoms with Gasteiger partial charge < -0.3 is 14.2 Å². The lowest BCUT2D eigenvalue weighted by molar-refractivity contribution is -0.167. The van der Waals surface area contributed by atoms with Gasteiger partial charge in [-0.15, -0.1) is 0 Å². The molecule has 6 heteroatoms. The van der Waals surface area contributed by atoms with Crippen LogP contribution in [-0.4, -0.2) is 37.2 Å². The van der Waals surface area contributed by atoms with E-state index in [1.54, 1.807) is 0 Å². The van der Waals surface area contributed by atoms with Crippen LogP contribution in [0.1, 0.15) is 425 Å². The van der Waals surface area contributed by atoms with Crippen LogP contribution in [0.3, 0.4) is 0 Å². The van der Waals surface area contributed by atoms with E-state index in [1.807, 2.05) is 0 Å². The lowest BCUT2D eigenvalue weighted by atomic mass is 10.0. The first-order chi connectivity index (χ1) is 40.5. The van der Waals surface area contributed by atoms with Gasteiger partial charge >= 0.3 is 17.9 Å². The van der Waals surface area contributed by atoms with Gasteiger partial charge in [0.25, 0.3) is 0 Å². The van der Waals surface area contributed by atoms with Crippen molar-refractivity contribution in [2.24, 2.45) is 0 Å². The molecular weight excluding hydrogens is 1010 g/mol. The molecule has 1 unspecified atom stereocenters. The number of carbonyl (C=O) groups is 3. The Hall–Kier alpha value is -2.11. The fourth-order valence-electron chi connectivity index (χ4n) is 11.6. The third-order valence-electron chi connectivity index (χ3n) is 17.2. The van der Waals surface area contributed by atoms with Crippen molar-refractivity contribution < 1.29 is 28.6 Å². The predicted molar refractivity (Wildman–Crippen MR) is 358 cm³/mol. The van der Waals surface area contributed by atoms with Gasteiger partial charge in [-0.1, -0.05) is 379 Å². The second kappa shape index (κ2) is 71.4. The Labute approximate surface area is 513 Å². The molecule has 0 N–H and O–H groups in total. The molecule has 0 aliphatic heterocycles. The molecule has 0 saturated carbocycles. The molecule has 0 radical (unpaired) electrons. The summed E-state index contributed by atoms with van der Waals surface area (Å²) in [5.74, 6) is -0.838. The van der Waals surface area contributed by atoms with Gasteiger partial charge in [-0.3, -0.25) is 14.4 Å². The topological polar surface area (TPSA) is 78.9 Å². The van der Waals surface area contributed by atoms with Gasteiger partial charge in [0, 0.05) is 19.3 Å². The van der Waals surface area contributed by atoms with Crippen molar-refractivity contribution in [1.29, 1.82) is 0 Å². The molecule has 0 aromatic rings. The molecule has 0 aliphatic rings. The van der Waals surface area contributed by atoms with Crippen molar-refractivity contribution in [1.82, 2.24) is 0 Å². The van der Waals surface area contributed by atoms with Crippen LogP contribution < -0.4 is 0 Å². The molecule has 0 heterocycles. The van der Waals surface area contributed by atoms with E-state index < -0.39 is 6.10 Å². The molecule has 484 valence electrons. The van der Waals surface area contributed by atoms with E-state index in [0.29, 0.717) is 19.3 Å². The number of ether oxygens (including phenoxy) is 3. The number of unbranched alkanes of at least 4 members (excludes halogenated alkanes) is 55. The number of hydrogen-bond donors (Lipinski definition) is 0. The summed E-state index contributed by atoms with van der Waals surface area (Å²) in [5, 5.41) is 0. The Morgan fingerprint density at radius 1 is 0.244 bits per heavy atom. The Morgan fingerprint density at radius 3 is 0.671 bits per heavy atom. The molecule has 0 fully saturated rings. The second-order valence-electron chi connectivity index (χ2n) is 25.6. The van der Waals surface area contributed by atoms with Crippen LogP contribution in [0, 0.1) is 0 Å². The highest BCUT2D eigenvalue weighted by molar-refractivity contribution is 5.71. The van der Waals surface area contributed by atoms with Gasteiger partial charge in [-0.25, -0.2) is 0 Å². The molecule has 0 spiro atoms. The first kappa shape index (κ1) is 79.9. The minimum atomic E-state index is -0.765. The highest BCUT2D eigenvalue weighted by Crippen LogP contribution is 2.19. The first-order valence-electron chi connectivity index (χ1n) is 37.3. The average Bonchev–Trinajstić information content (AvgIpc) is 3.48. The number of esters is 3. The van der Waals surface area contributed by atoms with Crippen LogP contribution in [0.4, 0.5) is 0 Å². The van der Waals surface area contributed by atoms with Crippen molar-refractivity contribution in [3.8, 4) is 0 Å². The van der Waals surface area contributed by atoms with Gasteiger partial charge in [0.05, 0.1) is 0 Å². The van der Waals surface area contributed by atoms with Crippen LogP contribution >= 0.6 is 0 Å². The average molecular weight is 1150 g/mol. The number of rotatable bonds is 70. The highest BCUT2D eigenvalue weighted by Gasteiger charge is 2.20. The quantitative estimate of drug-likeness (QED) is 0.0261. The SMILES string of the molecule is CCCCCCC/C=C\C/C=C\CCCCCCCCCCCCCCCCCCCCCC(=O)OCC(COC(=O)CCCCCCCCC)OC(=O)CCCCCCCCCCCCCCCCCCCCCCCCCCCC. The third-order valence-corrected chi connectivity index (χ3v) is 17.2. The molecule has 0 aromatic heterocycles. The summed E-state index contributed by atoms with van der Waals surface area (Å²) in [6.45, 7) is 6.67.